The van der Waals surface area contributed by atoms with Crippen LogP contribution in [-0.2, 0) is 4.74 Å². The lowest BCUT2D eigenvalue weighted by Crippen LogP contribution is -2.36. The van der Waals surface area contributed by atoms with E-state index in [2.05, 4.69) is 31.6 Å². The van der Waals surface area contributed by atoms with Crippen molar-refractivity contribution in [3.8, 4) is 0 Å². The Bertz CT molecular complexity index is 784. The van der Waals surface area contributed by atoms with E-state index in [1.807, 2.05) is 55.5 Å². The van der Waals surface area contributed by atoms with Gasteiger partial charge in [-0.15, -0.1) is 0 Å². The van der Waals surface area contributed by atoms with Gasteiger partial charge in [-0.2, -0.15) is 0 Å². The van der Waals surface area contributed by atoms with Crippen LogP contribution in [0.5, 0.6) is 0 Å². The van der Waals surface area contributed by atoms with Gasteiger partial charge in [-0.3, -0.25) is 10.1 Å². The van der Waals surface area contributed by atoms with Crippen LogP contribution in [0.1, 0.15) is 28.8 Å². The van der Waals surface area contributed by atoms with Crippen LogP contribution in [0.25, 0.3) is 0 Å². The first-order valence-corrected chi connectivity index (χ1v) is 9.46. The van der Waals surface area contributed by atoms with E-state index < -0.39 is 0 Å². The zero-order chi connectivity index (χ0) is 18.4. The molecule has 3 rings (SSSR count). The predicted molar refractivity (Wildman–Crippen MR) is 108 cm³/mol. The number of nitrogens with one attached hydrogen (secondary N) is 2. The van der Waals surface area contributed by atoms with Gasteiger partial charge in [-0.25, -0.2) is 4.99 Å². The highest BCUT2D eigenvalue weighted by molar-refractivity contribution is 9.10. The van der Waals surface area contributed by atoms with Crippen LogP contribution < -0.4 is 10.6 Å². The lowest BCUT2D eigenvalue weighted by atomic mass is 10.1. The summed E-state index contributed by atoms with van der Waals surface area (Å²) < 4.78 is 6.57. The number of hydrogen-bond acceptors (Lipinski definition) is 3. The fourth-order valence-corrected chi connectivity index (χ4v) is 3.08. The molecule has 2 aromatic rings. The number of benzene rings is 2. The summed E-state index contributed by atoms with van der Waals surface area (Å²) in [4.78, 5) is 17.1. The van der Waals surface area contributed by atoms with E-state index in [1.54, 1.807) is 0 Å². The molecule has 5 nitrogen and oxygen atoms in total. The summed E-state index contributed by atoms with van der Waals surface area (Å²) in [7, 11) is 0. The lowest BCUT2D eigenvalue weighted by Gasteiger charge is -2.13. The molecule has 1 aliphatic heterocycles. The Morgan fingerprint density at radius 1 is 1.27 bits per heavy atom. The van der Waals surface area contributed by atoms with Gasteiger partial charge < -0.3 is 10.1 Å². The fourth-order valence-electron chi connectivity index (χ4n) is 2.68. The number of anilines is 1. The van der Waals surface area contributed by atoms with E-state index in [4.69, 9.17) is 4.74 Å². The van der Waals surface area contributed by atoms with Crippen molar-refractivity contribution in [3.05, 3.63) is 64.1 Å². The Kier molecular flexibility index (Phi) is 6.41. The molecule has 2 N–H and O–H groups in total. The molecule has 136 valence electrons. The lowest BCUT2D eigenvalue weighted by molar-refractivity contribution is 0.0975. The third kappa shape index (κ3) is 5.41. The first-order valence-electron chi connectivity index (χ1n) is 8.67. The maximum atomic E-state index is 12.5. The standard InChI is InChI=1S/C20H22BrN3O2/c1-14-7-9-15(10-8-14)19(25)24-20(22-13-18-6-3-11-26-18)23-17-5-2-4-16(21)12-17/h2,4-5,7-10,12,18H,3,6,11,13H2,1H3,(H2,22,23,24,25). The molecule has 1 unspecified atom stereocenters. The van der Waals surface area contributed by atoms with E-state index in [-0.39, 0.29) is 12.0 Å². The number of carbonyl (C=O) groups is 1. The second kappa shape index (κ2) is 8.96. The maximum absolute atomic E-state index is 12.5. The highest BCUT2D eigenvalue weighted by atomic mass is 79.9. The Labute approximate surface area is 162 Å². The Balaban J connectivity index is 1.73. The van der Waals surface area contributed by atoms with E-state index in [0.29, 0.717) is 18.1 Å². The van der Waals surface area contributed by atoms with E-state index in [9.17, 15) is 4.79 Å². The monoisotopic (exact) mass is 415 g/mol. The van der Waals surface area contributed by atoms with Gasteiger partial charge in [0.2, 0.25) is 5.96 Å². The summed E-state index contributed by atoms with van der Waals surface area (Å²) >= 11 is 3.45. The molecule has 1 fully saturated rings. The molecular weight excluding hydrogens is 394 g/mol. The number of amides is 1. The van der Waals surface area contributed by atoms with Gasteiger partial charge >= 0.3 is 0 Å². The van der Waals surface area contributed by atoms with Gasteiger partial charge in [0.1, 0.15) is 0 Å². The van der Waals surface area contributed by atoms with Crippen LogP contribution in [0.15, 0.2) is 58.0 Å². The van der Waals surface area contributed by atoms with Crippen molar-refractivity contribution in [3.63, 3.8) is 0 Å². The zero-order valence-corrected chi connectivity index (χ0v) is 16.3. The third-order valence-electron chi connectivity index (χ3n) is 4.11. The van der Waals surface area contributed by atoms with Crippen LogP contribution in [0.2, 0.25) is 0 Å². The van der Waals surface area contributed by atoms with E-state index in [1.165, 1.54) is 0 Å². The van der Waals surface area contributed by atoms with Gasteiger partial charge in [0.15, 0.2) is 0 Å². The Morgan fingerprint density at radius 3 is 2.77 bits per heavy atom. The molecule has 0 aromatic heterocycles. The van der Waals surface area contributed by atoms with Crippen molar-refractivity contribution in [1.82, 2.24) is 5.32 Å². The van der Waals surface area contributed by atoms with Crippen LogP contribution in [0, 0.1) is 6.92 Å². The van der Waals surface area contributed by atoms with E-state index in [0.717, 1.165) is 35.2 Å². The summed E-state index contributed by atoms with van der Waals surface area (Å²) in [6.45, 7) is 3.29. The zero-order valence-electron chi connectivity index (χ0n) is 14.7. The predicted octanol–water partition coefficient (Wildman–Crippen LogP) is 4.13. The number of ether oxygens (including phenoxy) is 1. The first-order chi connectivity index (χ1) is 12.6. The summed E-state index contributed by atoms with van der Waals surface area (Å²) in [5.74, 6) is 0.225. The van der Waals surface area contributed by atoms with Crippen molar-refractivity contribution in [2.75, 3.05) is 18.5 Å². The van der Waals surface area contributed by atoms with Crippen LogP contribution in [0.4, 0.5) is 5.69 Å². The Morgan fingerprint density at radius 2 is 2.08 bits per heavy atom. The minimum Gasteiger partial charge on any atom is -0.376 e. The molecular formula is C20H22BrN3O2. The largest absolute Gasteiger partial charge is 0.376 e. The van der Waals surface area contributed by atoms with Crippen molar-refractivity contribution < 1.29 is 9.53 Å². The molecule has 0 bridgehead atoms. The summed E-state index contributed by atoms with van der Waals surface area (Å²) in [6.07, 6.45) is 2.18. The number of carbonyl (C=O) groups excluding carboxylic acids is 1. The maximum Gasteiger partial charge on any atom is 0.257 e. The number of guanidine groups is 1. The molecule has 1 atom stereocenters. The molecule has 6 heteroatoms. The van der Waals surface area contributed by atoms with E-state index >= 15 is 0 Å². The van der Waals surface area contributed by atoms with Gasteiger partial charge in [-0.05, 0) is 50.1 Å². The molecule has 1 amide bonds. The summed E-state index contributed by atoms with van der Waals surface area (Å²) in [6, 6.07) is 15.2. The fraction of sp³-hybridized carbons (Fsp3) is 0.300. The molecule has 26 heavy (non-hydrogen) atoms. The number of nitrogens with zero attached hydrogens (tertiary/aromatic N) is 1. The first kappa shape index (κ1) is 18.6. The average Bonchev–Trinajstić information content (AvgIpc) is 3.14. The molecule has 1 heterocycles. The molecule has 0 aliphatic carbocycles. The van der Waals surface area contributed by atoms with Crippen molar-refractivity contribution in [2.24, 2.45) is 4.99 Å². The normalized spacial score (nSPS) is 17.2. The van der Waals surface area contributed by atoms with Crippen molar-refractivity contribution in [1.29, 1.82) is 0 Å². The quantitative estimate of drug-likeness (QED) is 0.582. The summed E-state index contributed by atoms with van der Waals surface area (Å²) in [5, 5.41) is 6.06. The molecule has 1 saturated heterocycles. The number of hydrogen-bond donors (Lipinski definition) is 2. The molecule has 0 radical (unpaired) electrons. The van der Waals surface area contributed by atoms with Gasteiger partial charge in [0.05, 0.1) is 12.6 Å². The minimum atomic E-state index is -0.196. The van der Waals surface area contributed by atoms with Crippen molar-refractivity contribution in [2.45, 2.75) is 25.9 Å². The second-order valence-electron chi connectivity index (χ2n) is 6.28. The van der Waals surface area contributed by atoms with Gasteiger partial charge in [-0.1, -0.05) is 39.7 Å². The second-order valence-corrected chi connectivity index (χ2v) is 7.20. The van der Waals surface area contributed by atoms with Crippen LogP contribution in [0.3, 0.4) is 0 Å². The number of aliphatic imine (C=N–C) groups is 1. The molecule has 2 aromatic carbocycles. The average molecular weight is 416 g/mol. The Hall–Kier alpha value is -2.18. The minimum absolute atomic E-state index is 0.116. The van der Waals surface area contributed by atoms with Gasteiger partial charge in [0.25, 0.3) is 5.91 Å². The molecule has 0 saturated carbocycles. The topological polar surface area (TPSA) is 62.7 Å². The smallest absolute Gasteiger partial charge is 0.257 e. The van der Waals surface area contributed by atoms with Gasteiger partial charge in [0, 0.05) is 22.3 Å². The number of aryl methyl sites for hydroxylation is 1. The van der Waals surface area contributed by atoms with Crippen molar-refractivity contribution >= 4 is 33.5 Å². The molecule has 0 spiro atoms. The SMILES string of the molecule is Cc1ccc(C(=O)NC(=NCC2CCCO2)Nc2cccc(Br)c2)cc1. The molecule has 1 aliphatic rings. The summed E-state index contributed by atoms with van der Waals surface area (Å²) in [5.41, 5.74) is 2.55. The number of rotatable bonds is 4. The highest BCUT2D eigenvalue weighted by Gasteiger charge is 2.16. The number of halogens is 1. The highest BCUT2D eigenvalue weighted by Crippen LogP contribution is 2.16. The van der Waals surface area contributed by atoms with Crippen LogP contribution >= 0.6 is 15.9 Å². The third-order valence-corrected chi connectivity index (χ3v) is 4.60. The van der Waals surface area contributed by atoms with Crippen LogP contribution in [-0.4, -0.2) is 31.1 Å².